The summed E-state index contributed by atoms with van der Waals surface area (Å²) in [6.45, 7) is 1.68. The van der Waals surface area contributed by atoms with Crippen molar-refractivity contribution < 1.29 is 0 Å². The molecular weight excluding hydrogens is 258 g/mol. The Kier molecular flexibility index (Phi) is 4.62. The van der Waals surface area contributed by atoms with E-state index in [4.69, 9.17) is 16.9 Å². The van der Waals surface area contributed by atoms with Crippen LogP contribution in [0, 0.1) is 11.3 Å². The molecule has 0 amide bonds. The molecule has 2 rings (SSSR count). The van der Waals surface area contributed by atoms with Gasteiger partial charge in [-0.3, -0.25) is 0 Å². The van der Waals surface area contributed by atoms with E-state index >= 15 is 0 Å². The van der Waals surface area contributed by atoms with E-state index in [2.05, 4.69) is 11.4 Å². The SMILES string of the molecule is Cn1cc(CNCCc2ccc(Cl)cc2)cc1C#N. The molecule has 0 saturated heterocycles. The summed E-state index contributed by atoms with van der Waals surface area (Å²) in [5, 5.41) is 13.0. The van der Waals surface area contributed by atoms with Gasteiger partial charge in [0, 0.05) is 24.8 Å². The summed E-state index contributed by atoms with van der Waals surface area (Å²) in [6, 6.07) is 12.0. The Labute approximate surface area is 118 Å². The molecule has 0 radical (unpaired) electrons. The van der Waals surface area contributed by atoms with Crippen LogP contribution in [0.25, 0.3) is 0 Å². The second-order valence-corrected chi connectivity index (χ2v) is 4.95. The smallest absolute Gasteiger partial charge is 0.120 e. The van der Waals surface area contributed by atoms with Gasteiger partial charge < -0.3 is 9.88 Å². The first-order chi connectivity index (χ1) is 9.19. The van der Waals surface area contributed by atoms with Gasteiger partial charge in [-0.15, -0.1) is 0 Å². The predicted octanol–water partition coefficient (Wildman–Crippen LogP) is 2.88. The summed E-state index contributed by atoms with van der Waals surface area (Å²) in [5.74, 6) is 0. The van der Waals surface area contributed by atoms with Crippen molar-refractivity contribution in [1.29, 1.82) is 5.26 Å². The Hall–Kier alpha value is -1.76. The van der Waals surface area contributed by atoms with E-state index in [1.54, 1.807) is 0 Å². The van der Waals surface area contributed by atoms with Crippen LogP contribution >= 0.6 is 11.6 Å². The molecule has 98 valence electrons. The number of hydrogen-bond acceptors (Lipinski definition) is 2. The average Bonchev–Trinajstić information content (AvgIpc) is 2.77. The van der Waals surface area contributed by atoms with E-state index in [0.29, 0.717) is 5.69 Å². The first-order valence-corrected chi connectivity index (χ1v) is 6.57. The minimum atomic E-state index is 0.689. The molecule has 3 nitrogen and oxygen atoms in total. The third-order valence-corrected chi connectivity index (χ3v) is 3.26. The van der Waals surface area contributed by atoms with Gasteiger partial charge in [-0.2, -0.15) is 5.26 Å². The molecule has 0 unspecified atom stereocenters. The fourth-order valence-electron chi connectivity index (χ4n) is 1.96. The zero-order chi connectivity index (χ0) is 13.7. The molecule has 0 fully saturated rings. The Morgan fingerprint density at radius 1 is 1.26 bits per heavy atom. The maximum atomic E-state index is 8.87. The van der Waals surface area contributed by atoms with Crippen molar-refractivity contribution in [3.8, 4) is 6.07 Å². The van der Waals surface area contributed by atoms with Crippen molar-refractivity contribution in [3.05, 3.63) is 58.4 Å². The Bertz CT molecular complexity index is 578. The molecule has 1 aromatic heterocycles. The van der Waals surface area contributed by atoms with Crippen LogP contribution in [-0.4, -0.2) is 11.1 Å². The second kappa shape index (κ2) is 6.42. The van der Waals surface area contributed by atoms with Crippen molar-refractivity contribution in [2.75, 3.05) is 6.54 Å². The Balaban J connectivity index is 1.77. The monoisotopic (exact) mass is 273 g/mol. The number of halogens is 1. The summed E-state index contributed by atoms with van der Waals surface area (Å²) in [6.07, 6.45) is 2.95. The molecule has 1 N–H and O–H groups in total. The maximum absolute atomic E-state index is 8.87. The van der Waals surface area contributed by atoms with E-state index < -0.39 is 0 Å². The minimum absolute atomic E-state index is 0.689. The number of nitrogens with one attached hydrogen (secondary N) is 1. The van der Waals surface area contributed by atoms with E-state index in [-0.39, 0.29) is 0 Å². The van der Waals surface area contributed by atoms with Crippen molar-refractivity contribution in [1.82, 2.24) is 9.88 Å². The zero-order valence-electron chi connectivity index (χ0n) is 10.9. The largest absolute Gasteiger partial charge is 0.342 e. The third-order valence-electron chi connectivity index (χ3n) is 3.01. The van der Waals surface area contributed by atoms with Crippen LogP contribution in [0.3, 0.4) is 0 Å². The lowest BCUT2D eigenvalue weighted by Gasteiger charge is -2.03. The Morgan fingerprint density at radius 3 is 2.63 bits per heavy atom. The quantitative estimate of drug-likeness (QED) is 0.851. The maximum Gasteiger partial charge on any atom is 0.120 e. The molecule has 1 heterocycles. The zero-order valence-corrected chi connectivity index (χ0v) is 11.6. The van der Waals surface area contributed by atoms with E-state index in [0.717, 1.165) is 30.1 Å². The topological polar surface area (TPSA) is 40.8 Å². The van der Waals surface area contributed by atoms with E-state index in [1.807, 2.05) is 48.1 Å². The minimum Gasteiger partial charge on any atom is -0.342 e. The summed E-state index contributed by atoms with van der Waals surface area (Å²) in [7, 11) is 1.88. The van der Waals surface area contributed by atoms with Crippen LogP contribution in [0.2, 0.25) is 5.02 Å². The van der Waals surface area contributed by atoms with E-state index in [9.17, 15) is 0 Å². The Morgan fingerprint density at radius 2 is 2.00 bits per heavy atom. The summed E-state index contributed by atoms with van der Waals surface area (Å²) in [5.41, 5.74) is 3.09. The third kappa shape index (κ3) is 3.85. The van der Waals surface area contributed by atoms with Gasteiger partial charge >= 0.3 is 0 Å². The highest BCUT2D eigenvalue weighted by atomic mass is 35.5. The molecule has 1 aromatic carbocycles. The highest BCUT2D eigenvalue weighted by molar-refractivity contribution is 6.30. The number of nitrogens with zero attached hydrogens (tertiary/aromatic N) is 2. The van der Waals surface area contributed by atoms with Gasteiger partial charge in [-0.05, 0) is 42.3 Å². The molecule has 0 spiro atoms. The fourth-order valence-corrected chi connectivity index (χ4v) is 2.08. The van der Waals surface area contributed by atoms with Crippen LogP contribution < -0.4 is 5.32 Å². The molecule has 0 aliphatic heterocycles. The highest BCUT2D eigenvalue weighted by Gasteiger charge is 2.01. The van der Waals surface area contributed by atoms with Crippen molar-refractivity contribution in [2.24, 2.45) is 7.05 Å². The lowest BCUT2D eigenvalue weighted by molar-refractivity contribution is 0.686. The van der Waals surface area contributed by atoms with Gasteiger partial charge in [0.25, 0.3) is 0 Å². The first-order valence-electron chi connectivity index (χ1n) is 6.19. The van der Waals surface area contributed by atoms with Crippen molar-refractivity contribution >= 4 is 11.6 Å². The number of aromatic nitrogens is 1. The molecule has 19 heavy (non-hydrogen) atoms. The van der Waals surface area contributed by atoms with Crippen LogP contribution in [0.15, 0.2) is 36.5 Å². The second-order valence-electron chi connectivity index (χ2n) is 4.51. The summed E-state index contributed by atoms with van der Waals surface area (Å²) in [4.78, 5) is 0. The number of benzene rings is 1. The molecule has 0 bridgehead atoms. The van der Waals surface area contributed by atoms with Gasteiger partial charge in [-0.25, -0.2) is 0 Å². The van der Waals surface area contributed by atoms with Crippen LogP contribution in [0.1, 0.15) is 16.8 Å². The van der Waals surface area contributed by atoms with Gasteiger partial charge in [-0.1, -0.05) is 23.7 Å². The average molecular weight is 274 g/mol. The normalized spacial score (nSPS) is 10.4. The number of aryl methyl sites for hydroxylation is 1. The van der Waals surface area contributed by atoms with Crippen LogP contribution in [-0.2, 0) is 20.0 Å². The van der Waals surface area contributed by atoms with Crippen LogP contribution in [0.5, 0.6) is 0 Å². The van der Waals surface area contributed by atoms with Crippen molar-refractivity contribution in [3.63, 3.8) is 0 Å². The fraction of sp³-hybridized carbons (Fsp3) is 0.267. The highest BCUT2D eigenvalue weighted by Crippen LogP contribution is 2.10. The number of hydrogen-bond donors (Lipinski definition) is 1. The number of nitriles is 1. The molecule has 0 saturated carbocycles. The summed E-state index contributed by atoms with van der Waals surface area (Å²) < 4.78 is 1.84. The molecule has 2 aromatic rings. The molecular formula is C15H16ClN3. The molecule has 4 heteroatoms. The molecule has 0 atom stereocenters. The lowest BCUT2D eigenvalue weighted by Crippen LogP contribution is -2.16. The molecule has 0 aliphatic rings. The van der Waals surface area contributed by atoms with Crippen LogP contribution in [0.4, 0.5) is 0 Å². The van der Waals surface area contributed by atoms with Crippen molar-refractivity contribution in [2.45, 2.75) is 13.0 Å². The standard InChI is InChI=1S/C15H16ClN3/c1-19-11-13(8-15(19)9-17)10-18-7-6-12-2-4-14(16)5-3-12/h2-5,8,11,18H,6-7,10H2,1H3. The summed E-state index contributed by atoms with van der Waals surface area (Å²) >= 11 is 5.84. The number of rotatable bonds is 5. The molecule has 0 aliphatic carbocycles. The van der Waals surface area contributed by atoms with Gasteiger partial charge in [0.1, 0.15) is 11.8 Å². The van der Waals surface area contributed by atoms with E-state index in [1.165, 1.54) is 5.56 Å². The lowest BCUT2D eigenvalue weighted by atomic mass is 10.1. The van der Waals surface area contributed by atoms with Gasteiger partial charge in [0.2, 0.25) is 0 Å². The van der Waals surface area contributed by atoms with Gasteiger partial charge in [0.15, 0.2) is 0 Å². The first kappa shape index (κ1) is 13.7. The van der Waals surface area contributed by atoms with Gasteiger partial charge in [0.05, 0.1) is 0 Å². The predicted molar refractivity (Wildman–Crippen MR) is 77.0 cm³/mol.